The van der Waals surface area contributed by atoms with Crippen LogP contribution in [-0.4, -0.2) is 64.6 Å². The summed E-state index contributed by atoms with van der Waals surface area (Å²) < 4.78 is 31.0. The van der Waals surface area contributed by atoms with Gasteiger partial charge in [0.05, 0.1) is 31.0 Å². The fraction of sp³-hybridized carbons (Fsp3) is 0.952. The van der Waals surface area contributed by atoms with Gasteiger partial charge in [0, 0.05) is 12.8 Å². The molecule has 0 amide bonds. The van der Waals surface area contributed by atoms with Crippen molar-refractivity contribution in [3.63, 3.8) is 0 Å². The van der Waals surface area contributed by atoms with Crippen molar-refractivity contribution in [2.75, 3.05) is 13.2 Å². The molecule has 0 aromatic heterocycles. The van der Waals surface area contributed by atoms with Crippen LogP contribution in [-0.2, 0) is 28.1 Å². The molecule has 31 heavy (non-hydrogen) atoms. The summed E-state index contributed by atoms with van der Waals surface area (Å²) in [6.07, 6.45) is 12.8. The number of phosphoric acid groups is 1. The standard InChI is InChI=1S/C21H39O9P/c1-2-3-7-10-17-19(29-17)13-20-18(30-20)11-8-5-4-6-9-12-21(23)27-14-16(22)15-28-31(24,25)26/h16-20,22H,2-15H2,1H3,(H2,24,25,26)/t16-,17+,18+,19-,20-/m1/s1. The zero-order valence-electron chi connectivity index (χ0n) is 18.5. The molecule has 9 nitrogen and oxygen atoms in total. The Kier molecular flexibility index (Phi) is 12.0. The molecule has 2 saturated heterocycles. The predicted molar refractivity (Wildman–Crippen MR) is 113 cm³/mol. The molecule has 10 heteroatoms. The molecule has 2 rings (SSSR count). The van der Waals surface area contributed by atoms with Gasteiger partial charge in [-0.25, -0.2) is 4.57 Å². The molecule has 2 fully saturated rings. The Morgan fingerprint density at radius 1 is 0.903 bits per heavy atom. The number of aliphatic hydroxyl groups excluding tert-OH is 1. The quantitative estimate of drug-likeness (QED) is 0.113. The number of rotatable bonds is 19. The Bertz CT molecular complexity index is 567. The number of hydrogen-bond donors (Lipinski definition) is 3. The second-order valence-electron chi connectivity index (χ2n) is 8.59. The van der Waals surface area contributed by atoms with Gasteiger partial charge in [-0.3, -0.25) is 9.32 Å². The highest BCUT2D eigenvalue weighted by atomic mass is 31.2. The molecule has 5 atom stereocenters. The minimum absolute atomic E-state index is 0.265. The molecule has 0 bridgehead atoms. The van der Waals surface area contributed by atoms with E-state index in [1.807, 2.05) is 0 Å². The summed E-state index contributed by atoms with van der Waals surface area (Å²) in [5, 5.41) is 9.44. The number of esters is 1. The summed E-state index contributed by atoms with van der Waals surface area (Å²) in [7, 11) is -4.63. The van der Waals surface area contributed by atoms with E-state index in [9.17, 15) is 14.5 Å². The van der Waals surface area contributed by atoms with E-state index >= 15 is 0 Å². The Hall–Kier alpha value is -0.540. The lowest BCUT2D eigenvalue weighted by Gasteiger charge is -2.12. The number of unbranched alkanes of at least 4 members (excludes halogenated alkanes) is 6. The maximum Gasteiger partial charge on any atom is 0.469 e. The van der Waals surface area contributed by atoms with Crippen molar-refractivity contribution in [2.45, 2.75) is 114 Å². The van der Waals surface area contributed by atoms with Gasteiger partial charge in [-0.05, 0) is 19.3 Å². The van der Waals surface area contributed by atoms with E-state index in [2.05, 4.69) is 11.4 Å². The van der Waals surface area contributed by atoms with Crippen LogP contribution in [0, 0.1) is 0 Å². The van der Waals surface area contributed by atoms with Crippen LogP contribution in [0.4, 0.5) is 0 Å². The van der Waals surface area contributed by atoms with E-state index in [0.29, 0.717) is 24.4 Å². The second kappa shape index (κ2) is 13.9. The Labute approximate surface area is 185 Å². The average Bonchev–Trinajstić information content (AvgIpc) is 3.62. The van der Waals surface area contributed by atoms with Crippen LogP contribution in [0.5, 0.6) is 0 Å². The average molecular weight is 467 g/mol. The normalized spacial score (nSPS) is 25.9. The van der Waals surface area contributed by atoms with Gasteiger partial charge in [0.25, 0.3) is 0 Å². The van der Waals surface area contributed by atoms with Crippen LogP contribution >= 0.6 is 7.82 Å². The van der Waals surface area contributed by atoms with Gasteiger partial charge in [-0.1, -0.05) is 51.9 Å². The molecular weight excluding hydrogens is 427 g/mol. The predicted octanol–water partition coefficient (Wildman–Crippen LogP) is 3.24. The number of carbonyl (C=O) groups excluding carboxylic acids is 1. The maximum atomic E-state index is 11.6. The number of ether oxygens (including phenoxy) is 3. The van der Waals surface area contributed by atoms with Crippen LogP contribution in [0.15, 0.2) is 0 Å². The van der Waals surface area contributed by atoms with Crippen molar-refractivity contribution in [2.24, 2.45) is 0 Å². The van der Waals surface area contributed by atoms with E-state index in [0.717, 1.165) is 44.9 Å². The second-order valence-corrected chi connectivity index (χ2v) is 9.83. The van der Waals surface area contributed by atoms with Crippen molar-refractivity contribution in [1.29, 1.82) is 0 Å². The smallest absolute Gasteiger partial charge is 0.463 e. The molecule has 182 valence electrons. The molecule has 0 radical (unpaired) electrons. The fourth-order valence-corrected chi connectivity index (χ4v) is 4.11. The molecule has 0 spiro atoms. The van der Waals surface area contributed by atoms with Gasteiger partial charge in [0.1, 0.15) is 12.7 Å². The molecule has 2 aliphatic heterocycles. The van der Waals surface area contributed by atoms with Crippen molar-refractivity contribution in [1.82, 2.24) is 0 Å². The van der Waals surface area contributed by atoms with Crippen molar-refractivity contribution in [3.8, 4) is 0 Å². The van der Waals surface area contributed by atoms with Crippen LogP contribution in [0.25, 0.3) is 0 Å². The van der Waals surface area contributed by atoms with E-state index in [4.69, 9.17) is 24.0 Å². The van der Waals surface area contributed by atoms with Gasteiger partial charge < -0.3 is 29.1 Å². The highest BCUT2D eigenvalue weighted by Crippen LogP contribution is 2.39. The number of hydrogen-bond acceptors (Lipinski definition) is 7. The molecule has 0 aliphatic carbocycles. The third-order valence-electron chi connectivity index (χ3n) is 5.67. The Morgan fingerprint density at radius 3 is 2.10 bits per heavy atom. The van der Waals surface area contributed by atoms with Crippen molar-refractivity contribution >= 4 is 13.8 Å². The molecule has 2 aliphatic rings. The monoisotopic (exact) mass is 466 g/mol. The third kappa shape index (κ3) is 12.9. The number of aliphatic hydroxyl groups is 1. The lowest BCUT2D eigenvalue weighted by atomic mass is 10.0. The molecule has 0 aromatic rings. The Balaban J connectivity index is 1.34. The topological polar surface area (TPSA) is 138 Å². The van der Waals surface area contributed by atoms with Crippen LogP contribution in [0.2, 0.25) is 0 Å². The summed E-state index contributed by atoms with van der Waals surface area (Å²) in [6.45, 7) is 1.29. The van der Waals surface area contributed by atoms with Crippen LogP contribution < -0.4 is 0 Å². The van der Waals surface area contributed by atoms with Gasteiger partial charge in [0.2, 0.25) is 0 Å². The first-order valence-electron chi connectivity index (χ1n) is 11.6. The van der Waals surface area contributed by atoms with Gasteiger partial charge in [-0.15, -0.1) is 0 Å². The van der Waals surface area contributed by atoms with E-state index in [1.165, 1.54) is 25.7 Å². The lowest BCUT2D eigenvalue weighted by molar-refractivity contribution is -0.147. The summed E-state index contributed by atoms with van der Waals surface area (Å²) in [6, 6.07) is 0. The van der Waals surface area contributed by atoms with Crippen LogP contribution in [0.1, 0.15) is 84.0 Å². The van der Waals surface area contributed by atoms with Gasteiger partial charge >= 0.3 is 13.8 Å². The third-order valence-corrected chi connectivity index (χ3v) is 6.16. The highest BCUT2D eigenvalue weighted by Gasteiger charge is 2.47. The number of epoxide rings is 2. The molecule has 0 saturated carbocycles. The minimum atomic E-state index is -4.63. The fourth-order valence-electron chi connectivity index (χ4n) is 3.74. The molecular formula is C21H39O9P. The van der Waals surface area contributed by atoms with E-state index < -0.39 is 26.5 Å². The number of phosphoric ester groups is 1. The first-order valence-corrected chi connectivity index (χ1v) is 13.2. The maximum absolute atomic E-state index is 11.6. The first-order chi connectivity index (χ1) is 14.8. The van der Waals surface area contributed by atoms with Gasteiger partial charge in [-0.2, -0.15) is 0 Å². The minimum Gasteiger partial charge on any atom is -0.463 e. The summed E-state index contributed by atoms with van der Waals surface area (Å²) >= 11 is 0. The Morgan fingerprint density at radius 2 is 1.48 bits per heavy atom. The molecule has 2 heterocycles. The van der Waals surface area contributed by atoms with Gasteiger partial charge in [0.15, 0.2) is 0 Å². The summed E-state index contributed by atoms with van der Waals surface area (Å²) in [4.78, 5) is 28.7. The van der Waals surface area contributed by atoms with Crippen molar-refractivity contribution in [3.05, 3.63) is 0 Å². The largest absolute Gasteiger partial charge is 0.469 e. The highest BCUT2D eigenvalue weighted by molar-refractivity contribution is 7.46. The molecule has 0 unspecified atom stereocenters. The molecule has 0 aromatic carbocycles. The summed E-state index contributed by atoms with van der Waals surface area (Å²) in [5.74, 6) is -0.431. The number of carbonyl (C=O) groups is 1. The first kappa shape index (κ1) is 26.7. The zero-order valence-corrected chi connectivity index (χ0v) is 19.4. The van der Waals surface area contributed by atoms with Crippen LogP contribution in [0.3, 0.4) is 0 Å². The van der Waals surface area contributed by atoms with E-state index in [1.54, 1.807) is 0 Å². The summed E-state index contributed by atoms with van der Waals surface area (Å²) in [5.41, 5.74) is 0. The lowest BCUT2D eigenvalue weighted by Crippen LogP contribution is -2.23. The zero-order chi connectivity index (χ0) is 22.7. The van der Waals surface area contributed by atoms with E-state index in [-0.39, 0.29) is 13.0 Å². The SMILES string of the molecule is CCCCC[C@@H]1O[C@@H]1C[C@H]1O[C@H]1CCCCCCCC(=O)OC[C@@H](O)COP(=O)(O)O. The van der Waals surface area contributed by atoms with Crippen molar-refractivity contribution < 1.29 is 43.0 Å². The molecule has 3 N–H and O–H groups in total.